The molecule has 1 unspecified atom stereocenters. The van der Waals surface area contributed by atoms with Crippen molar-refractivity contribution in [2.24, 2.45) is 7.05 Å². The average molecular weight is 406 g/mol. The van der Waals surface area contributed by atoms with Crippen LogP contribution in [-0.4, -0.2) is 36.7 Å². The fourth-order valence-electron chi connectivity index (χ4n) is 3.59. The van der Waals surface area contributed by atoms with Crippen LogP contribution in [0.1, 0.15) is 21.6 Å². The van der Waals surface area contributed by atoms with Gasteiger partial charge in [-0.25, -0.2) is 4.79 Å². The second-order valence-electron chi connectivity index (χ2n) is 7.11. The van der Waals surface area contributed by atoms with Gasteiger partial charge in [0.15, 0.2) is 0 Å². The summed E-state index contributed by atoms with van der Waals surface area (Å²) in [5.74, 6) is -0.0705. The summed E-state index contributed by atoms with van der Waals surface area (Å²) in [4.78, 5) is 25.6. The van der Waals surface area contributed by atoms with Crippen LogP contribution in [0.5, 0.6) is 5.75 Å². The highest BCUT2D eigenvalue weighted by molar-refractivity contribution is 6.02. The molecule has 1 heterocycles. The van der Waals surface area contributed by atoms with Gasteiger partial charge in [-0.2, -0.15) is 0 Å². The highest BCUT2D eigenvalue weighted by atomic mass is 16.5. The molecule has 0 bridgehead atoms. The van der Waals surface area contributed by atoms with Crippen LogP contribution in [-0.2, 0) is 23.0 Å². The van der Waals surface area contributed by atoms with Crippen molar-refractivity contribution < 1.29 is 19.1 Å². The average Bonchev–Trinajstić information content (AvgIpc) is 3.07. The van der Waals surface area contributed by atoms with Crippen molar-refractivity contribution in [3.63, 3.8) is 0 Å². The summed E-state index contributed by atoms with van der Waals surface area (Å²) in [6, 6.07) is 16.3. The first kappa shape index (κ1) is 21.2. The van der Waals surface area contributed by atoms with E-state index in [9.17, 15) is 9.59 Å². The molecule has 0 aliphatic rings. The quantitative estimate of drug-likeness (QED) is 0.610. The highest BCUT2D eigenvalue weighted by Crippen LogP contribution is 2.30. The van der Waals surface area contributed by atoms with E-state index in [1.165, 1.54) is 7.11 Å². The zero-order valence-electron chi connectivity index (χ0n) is 17.6. The van der Waals surface area contributed by atoms with Crippen molar-refractivity contribution in [2.75, 3.05) is 14.2 Å². The fourth-order valence-corrected chi connectivity index (χ4v) is 3.59. The summed E-state index contributed by atoms with van der Waals surface area (Å²) < 4.78 is 11.9. The van der Waals surface area contributed by atoms with Gasteiger partial charge in [0.25, 0.3) is 5.91 Å². The summed E-state index contributed by atoms with van der Waals surface area (Å²) >= 11 is 0. The Morgan fingerprint density at radius 1 is 1.03 bits per heavy atom. The van der Waals surface area contributed by atoms with Crippen LogP contribution in [0.25, 0.3) is 11.1 Å². The summed E-state index contributed by atoms with van der Waals surface area (Å²) in [7, 11) is 4.75. The highest BCUT2D eigenvalue weighted by Gasteiger charge is 2.26. The largest absolute Gasteiger partial charge is 0.497 e. The Morgan fingerprint density at radius 3 is 2.30 bits per heavy atom. The summed E-state index contributed by atoms with van der Waals surface area (Å²) in [6.45, 7) is 1.96. The number of nitrogens with one attached hydrogen (secondary N) is 1. The Hall–Kier alpha value is -3.54. The molecule has 0 aliphatic heterocycles. The number of amides is 1. The predicted octanol–water partition coefficient (Wildman–Crippen LogP) is 3.52. The van der Waals surface area contributed by atoms with E-state index >= 15 is 0 Å². The van der Waals surface area contributed by atoms with Crippen molar-refractivity contribution in [3.8, 4) is 16.9 Å². The number of aryl methyl sites for hydroxylation is 2. The molecule has 1 amide bonds. The minimum atomic E-state index is -0.788. The molecule has 0 fully saturated rings. The molecule has 3 rings (SSSR count). The third-order valence-electron chi connectivity index (χ3n) is 5.04. The molecule has 1 aromatic heterocycles. The van der Waals surface area contributed by atoms with Gasteiger partial charge < -0.3 is 19.4 Å². The van der Waals surface area contributed by atoms with Gasteiger partial charge in [-0.15, -0.1) is 0 Å². The van der Waals surface area contributed by atoms with Crippen LogP contribution < -0.4 is 10.1 Å². The number of hydrogen-bond acceptors (Lipinski definition) is 4. The molecule has 0 radical (unpaired) electrons. The maximum Gasteiger partial charge on any atom is 0.328 e. The van der Waals surface area contributed by atoms with Gasteiger partial charge in [-0.1, -0.05) is 42.5 Å². The SMILES string of the molecule is COC(=O)C(Cc1ccccc1)NC(=O)c1c(-c2ccc(OC)cc2)c(C)cn1C. The van der Waals surface area contributed by atoms with Crippen molar-refractivity contribution in [2.45, 2.75) is 19.4 Å². The summed E-state index contributed by atoms with van der Waals surface area (Å²) in [6.07, 6.45) is 2.25. The molecule has 0 saturated heterocycles. The third-order valence-corrected chi connectivity index (χ3v) is 5.04. The first-order valence-electron chi connectivity index (χ1n) is 9.67. The standard InChI is InChI=1S/C24H26N2O4/c1-16-15-26(2)22(21(16)18-10-12-19(29-3)13-11-18)23(27)25-20(24(28)30-4)14-17-8-6-5-7-9-17/h5-13,15,20H,14H2,1-4H3,(H,25,27). The van der Waals surface area contributed by atoms with E-state index in [0.717, 1.165) is 28.0 Å². The van der Waals surface area contributed by atoms with E-state index in [1.807, 2.05) is 74.8 Å². The number of benzene rings is 2. The maximum absolute atomic E-state index is 13.3. The molecular formula is C24H26N2O4. The van der Waals surface area contributed by atoms with Crippen LogP contribution in [0.3, 0.4) is 0 Å². The van der Waals surface area contributed by atoms with Crippen molar-refractivity contribution in [1.29, 1.82) is 0 Å². The number of methoxy groups -OCH3 is 2. The Kier molecular flexibility index (Phi) is 6.57. The number of aromatic nitrogens is 1. The first-order chi connectivity index (χ1) is 14.4. The van der Waals surface area contributed by atoms with Gasteiger partial charge in [0.05, 0.1) is 14.2 Å². The van der Waals surface area contributed by atoms with E-state index in [4.69, 9.17) is 9.47 Å². The summed E-state index contributed by atoms with van der Waals surface area (Å²) in [5, 5.41) is 2.86. The second-order valence-corrected chi connectivity index (χ2v) is 7.11. The maximum atomic E-state index is 13.3. The van der Waals surface area contributed by atoms with Crippen molar-refractivity contribution in [3.05, 3.63) is 77.6 Å². The molecule has 6 heteroatoms. The minimum absolute atomic E-state index is 0.331. The van der Waals surface area contributed by atoms with Crippen LogP contribution in [0.4, 0.5) is 0 Å². The van der Waals surface area contributed by atoms with Gasteiger partial charge in [0, 0.05) is 25.2 Å². The van der Waals surface area contributed by atoms with Crippen LogP contribution in [0, 0.1) is 6.92 Å². The topological polar surface area (TPSA) is 69.6 Å². The molecule has 6 nitrogen and oxygen atoms in total. The second kappa shape index (κ2) is 9.31. The van der Waals surface area contributed by atoms with Crippen LogP contribution in [0.15, 0.2) is 60.8 Å². The number of carbonyl (C=O) groups excluding carboxylic acids is 2. The number of esters is 1. The Bertz CT molecular complexity index is 1020. The van der Waals surface area contributed by atoms with E-state index < -0.39 is 12.0 Å². The molecule has 1 N–H and O–H groups in total. The van der Waals surface area contributed by atoms with E-state index in [0.29, 0.717) is 12.1 Å². The summed E-state index contributed by atoms with van der Waals surface area (Å²) in [5.41, 5.74) is 4.11. The number of carbonyl (C=O) groups is 2. The lowest BCUT2D eigenvalue weighted by atomic mass is 10.0. The van der Waals surface area contributed by atoms with Gasteiger partial charge >= 0.3 is 5.97 Å². The van der Waals surface area contributed by atoms with Crippen molar-refractivity contribution in [1.82, 2.24) is 9.88 Å². The number of nitrogens with zero attached hydrogens (tertiary/aromatic N) is 1. The van der Waals surface area contributed by atoms with E-state index in [1.54, 1.807) is 11.7 Å². The van der Waals surface area contributed by atoms with Crippen molar-refractivity contribution >= 4 is 11.9 Å². The predicted molar refractivity (Wildman–Crippen MR) is 116 cm³/mol. The molecular weight excluding hydrogens is 380 g/mol. The molecule has 30 heavy (non-hydrogen) atoms. The molecule has 2 aromatic carbocycles. The third kappa shape index (κ3) is 4.54. The zero-order chi connectivity index (χ0) is 21.7. The molecule has 0 saturated carbocycles. The van der Waals surface area contributed by atoms with Crippen LogP contribution >= 0.6 is 0 Å². The Morgan fingerprint density at radius 2 is 1.70 bits per heavy atom. The fraction of sp³-hybridized carbons (Fsp3) is 0.250. The number of ether oxygens (including phenoxy) is 2. The van der Waals surface area contributed by atoms with E-state index in [-0.39, 0.29) is 5.91 Å². The number of hydrogen-bond donors (Lipinski definition) is 1. The molecule has 3 aromatic rings. The first-order valence-corrected chi connectivity index (χ1v) is 9.67. The van der Waals surface area contributed by atoms with Gasteiger partial charge in [0.2, 0.25) is 0 Å². The number of rotatable bonds is 7. The van der Waals surface area contributed by atoms with Crippen LogP contribution in [0.2, 0.25) is 0 Å². The lowest BCUT2D eigenvalue weighted by Gasteiger charge is -2.18. The molecule has 156 valence electrons. The molecule has 0 spiro atoms. The smallest absolute Gasteiger partial charge is 0.328 e. The zero-order valence-corrected chi connectivity index (χ0v) is 17.6. The van der Waals surface area contributed by atoms with Gasteiger partial charge in [-0.3, -0.25) is 4.79 Å². The molecule has 1 atom stereocenters. The lowest BCUT2D eigenvalue weighted by Crippen LogP contribution is -2.43. The Labute approximate surface area is 176 Å². The van der Waals surface area contributed by atoms with Gasteiger partial charge in [-0.05, 0) is 35.7 Å². The minimum Gasteiger partial charge on any atom is -0.497 e. The lowest BCUT2D eigenvalue weighted by molar-refractivity contribution is -0.142. The van der Waals surface area contributed by atoms with E-state index in [2.05, 4.69) is 5.32 Å². The monoisotopic (exact) mass is 406 g/mol. The normalized spacial score (nSPS) is 11.6. The van der Waals surface area contributed by atoms with Gasteiger partial charge in [0.1, 0.15) is 17.5 Å². The molecule has 0 aliphatic carbocycles. The Balaban J connectivity index is 1.92.